The van der Waals surface area contributed by atoms with Crippen molar-refractivity contribution in [2.45, 2.75) is 38.5 Å². The molecular weight excluding hydrogens is 244 g/mol. The Bertz CT molecular complexity index is 486. The molecule has 2 aliphatic carbocycles. The average molecular weight is 264 g/mol. The maximum Gasteiger partial charge on any atom is 0.318 e. The van der Waals surface area contributed by atoms with Crippen LogP contribution in [0.1, 0.15) is 13.8 Å². The summed E-state index contributed by atoms with van der Waals surface area (Å²) in [7, 11) is -1.67. The van der Waals surface area contributed by atoms with Crippen LogP contribution in [0.2, 0.25) is 24.7 Å². The van der Waals surface area contributed by atoms with Crippen molar-refractivity contribution >= 4 is 20.0 Å². The van der Waals surface area contributed by atoms with Gasteiger partial charge >= 0.3 is 11.9 Å². The van der Waals surface area contributed by atoms with Crippen LogP contribution in [-0.2, 0) is 14.3 Å². The van der Waals surface area contributed by atoms with Crippen LogP contribution in [0.4, 0.5) is 0 Å². The van der Waals surface area contributed by atoms with Gasteiger partial charge in [0.1, 0.15) is 0 Å². The van der Waals surface area contributed by atoms with E-state index in [0.717, 1.165) is 0 Å². The summed E-state index contributed by atoms with van der Waals surface area (Å²) in [5.74, 6) is -0.890. The minimum absolute atomic E-state index is 0.0120. The molecule has 2 fully saturated rings. The lowest BCUT2D eigenvalue weighted by Gasteiger charge is -2.48. The lowest BCUT2D eigenvalue weighted by molar-refractivity contribution is -0.155. The Kier molecular flexibility index (Phi) is 2.01. The van der Waals surface area contributed by atoms with Gasteiger partial charge in [-0.15, -0.1) is 0 Å². The fourth-order valence-electron chi connectivity index (χ4n) is 5.08. The molecule has 4 heteroatoms. The van der Waals surface area contributed by atoms with E-state index >= 15 is 0 Å². The van der Waals surface area contributed by atoms with Gasteiger partial charge in [-0.3, -0.25) is 9.59 Å². The maximum absolute atomic E-state index is 12.1. The highest BCUT2D eigenvalue weighted by atomic mass is 28.3. The van der Waals surface area contributed by atoms with E-state index in [0.29, 0.717) is 0 Å². The zero-order chi connectivity index (χ0) is 13.5. The Balaban J connectivity index is 2.26. The summed E-state index contributed by atoms with van der Waals surface area (Å²) < 4.78 is 4.93. The number of carbonyl (C=O) groups excluding carboxylic acids is 2. The van der Waals surface area contributed by atoms with E-state index < -0.39 is 8.07 Å². The number of ether oxygens (including phenoxy) is 1. The molecule has 0 radical (unpaired) electrons. The Labute approximate surface area is 109 Å². The summed E-state index contributed by atoms with van der Waals surface area (Å²) in [6, 6.07) is 0. The molecule has 1 saturated carbocycles. The van der Waals surface area contributed by atoms with E-state index in [1.807, 2.05) is 0 Å². The number of hydrogen-bond donors (Lipinski definition) is 0. The summed E-state index contributed by atoms with van der Waals surface area (Å²) in [6.07, 6.45) is 4.41. The zero-order valence-electron chi connectivity index (χ0n) is 11.6. The van der Waals surface area contributed by atoms with Crippen LogP contribution in [0.15, 0.2) is 12.2 Å². The lowest BCUT2D eigenvalue weighted by Crippen LogP contribution is -2.49. The number of hydrogen-bond acceptors (Lipinski definition) is 3. The fraction of sp³-hybridized carbons (Fsp3) is 0.714. The fourth-order valence-corrected chi connectivity index (χ4v) is 9.01. The SMILES string of the molecule is CC1(C)C2C=CC1([Si](C)(C)C)C1C(=O)OC(=O)C21. The normalized spacial score (nSPS) is 44.4. The number of rotatable bonds is 1. The smallest absolute Gasteiger partial charge is 0.318 e. The van der Waals surface area contributed by atoms with E-state index in [4.69, 9.17) is 4.74 Å². The van der Waals surface area contributed by atoms with Gasteiger partial charge in [-0.25, -0.2) is 0 Å². The number of cyclic esters (lactones) is 2. The first-order valence-electron chi connectivity index (χ1n) is 6.59. The molecule has 3 nitrogen and oxygen atoms in total. The largest absolute Gasteiger partial charge is 0.393 e. The van der Waals surface area contributed by atoms with Gasteiger partial charge in [-0.1, -0.05) is 45.6 Å². The van der Waals surface area contributed by atoms with Gasteiger partial charge in [0.25, 0.3) is 0 Å². The number of esters is 2. The van der Waals surface area contributed by atoms with Crippen molar-refractivity contribution in [2.75, 3.05) is 0 Å². The molecule has 98 valence electrons. The lowest BCUT2D eigenvalue weighted by atomic mass is 9.78. The molecule has 2 bridgehead atoms. The highest BCUT2D eigenvalue weighted by molar-refractivity contribution is 6.80. The predicted octanol–water partition coefficient (Wildman–Crippen LogP) is 2.61. The zero-order valence-corrected chi connectivity index (χ0v) is 12.6. The Morgan fingerprint density at radius 1 is 1.17 bits per heavy atom. The van der Waals surface area contributed by atoms with Crippen LogP contribution >= 0.6 is 0 Å². The first-order valence-corrected chi connectivity index (χ1v) is 10.1. The molecule has 0 aromatic heterocycles. The molecule has 4 atom stereocenters. The molecule has 0 N–H and O–H groups in total. The molecule has 1 aliphatic heterocycles. The molecule has 18 heavy (non-hydrogen) atoms. The van der Waals surface area contributed by atoms with Crippen molar-refractivity contribution < 1.29 is 14.3 Å². The van der Waals surface area contributed by atoms with Crippen molar-refractivity contribution in [2.24, 2.45) is 23.2 Å². The van der Waals surface area contributed by atoms with Crippen LogP contribution in [-0.4, -0.2) is 20.0 Å². The highest BCUT2D eigenvalue weighted by Gasteiger charge is 2.76. The van der Waals surface area contributed by atoms with Gasteiger partial charge in [0, 0.05) is 5.04 Å². The second kappa shape index (κ2) is 2.98. The van der Waals surface area contributed by atoms with Crippen molar-refractivity contribution in [3.8, 4) is 0 Å². The van der Waals surface area contributed by atoms with Crippen molar-refractivity contribution in [3.05, 3.63) is 12.2 Å². The van der Waals surface area contributed by atoms with Crippen molar-refractivity contribution in [3.63, 3.8) is 0 Å². The topological polar surface area (TPSA) is 43.4 Å². The van der Waals surface area contributed by atoms with E-state index in [1.165, 1.54) is 0 Å². The summed E-state index contributed by atoms with van der Waals surface area (Å²) in [5.41, 5.74) is -0.0120. The number of allylic oxidation sites excluding steroid dienone is 2. The maximum atomic E-state index is 12.1. The van der Waals surface area contributed by atoms with Gasteiger partial charge in [-0.05, 0) is 11.3 Å². The third-order valence-electron chi connectivity index (χ3n) is 5.67. The average Bonchev–Trinajstić information content (AvgIpc) is 2.72. The number of carbonyl (C=O) groups is 2. The summed E-state index contributed by atoms with van der Waals surface area (Å²) in [6.45, 7) is 11.3. The summed E-state index contributed by atoms with van der Waals surface area (Å²) in [5, 5.41) is -0.140. The number of fused-ring (bicyclic) bond motifs is 5. The molecule has 0 amide bonds. The standard InChI is InChI=1S/C14H20O3Si/c1-13(2)8-6-7-14(13,18(3,4)5)10-9(8)11(15)17-12(10)16/h6-10H,1-5H3. The monoisotopic (exact) mass is 264 g/mol. The molecule has 4 unspecified atom stereocenters. The summed E-state index contributed by atoms with van der Waals surface area (Å²) in [4.78, 5) is 24.1. The van der Waals surface area contributed by atoms with Gasteiger partial charge < -0.3 is 4.74 Å². The molecule has 3 rings (SSSR count). The molecule has 1 saturated heterocycles. The van der Waals surface area contributed by atoms with E-state index in [2.05, 4.69) is 45.6 Å². The highest BCUT2D eigenvalue weighted by Crippen LogP contribution is 2.76. The van der Waals surface area contributed by atoms with Crippen LogP contribution in [0, 0.1) is 23.2 Å². The third kappa shape index (κ3) is 0.988. The van der Waals surface area contributed by atoms with Gasteiger partial charge in [0.05, 0.1) is 19.9 Å². The minimum atomic E-state index is -1.67. The van der Waals surface area contributed by atoms with Crippen LogP contribution in [0.5, 0.6) is 0 Å². The quantitative estimate of drug-likeness (QED) is 0.316. The van der Waals surface area contributed by atoms with Gasteiger partial charge in [0.15, 0.2) is 0 Å². The van der Waals surface area contributed by atoms with E-state index in [1.54, 1.807) is 0 Å². The van der Waals surface area contributed by atoms with Gasteiger partial charge in [-0.2, -0.15) is 0 Å². The molecule has 1 heterocycles. The predicted molar refractivity (Wildman–Crippen MR) is 70.5 cm³/mol. The second-order valence-electron chi connectivity index (χ2n) is 7.47. The first-order chi connectivity index (χ1) is 8.14. The van der Waals surface area contributed by atoms with Crippen LogP contribution in [0.25, 0.3) is 0 Å². The Hall–Kier alpha value is -0.903. The second-order valence-corrected chi connectivity index (χ2v) is 12.8. The van der Waals surface area contributed by atoms with Crippen LogP contribution in [0.3, 0.4) is 0 Å². The van der Waals surface area contributed by atoms with E-state index in [9.17, 15) is 9.59 Å². The first kappa shape index (κ1) is 12.1. The molecule has 0 aromatic carbocycles. The molecule has 0 aromatic rings. The Morgan fingerprint density at radius 3 is 2.33 bits per heavy atom. The molecular formula is C14H20O3Si. The van der Waals surface area contributed by atoms with Crippen LogP contribution < -0.4 is 0 Å². The van der Waals surface area contributed by atoms with Crippen molar-refractivity contribution in [1.82, 2.24) is 0 Å². The van der Waals surface area contributed by atoms with Crippen molar-refractivity contribution in [1.29, 1.82) is 0 Å². The third-order valence-corrected chi connectivity index (χ3v) is 9.27. The van der Waals surface area contributed by atoms with E-state index in [-0.39, 0.29) is 40.1 Å². The molecule has 0 spiro atoms. The van der Waals surface area contributed by atoms with Gasteiger partial charge in [0.2, 0.25) is 0 Å². The molecule has 3 aliphatic rings. The summed E-state index contributed by atoms with van der Waals surface area (Å²) >= 11 is 0. The minimum Gasteiger partial charge on any atom is -0.393 e. The Morgan fingerprint density at radius 2 is 1.78 bits per heavy atom.